The maximum Gasteiger partial charge on any atom is 0.0702 e. The summed E-state index contributed by atoms with van der Waals surface area (Å²) in [7, 11) is 0. The molecule has 0 radical (unpaired) electrons. The molecule has 1 aliphatic rings. The average Bonchev–Trinajstić information content (AvgIpc) is 2.78. The van der Waals surface area contributed by atoms with Gasteiger partial charge in [0.1, 0.15) is 0 Å². The van der Waals surface area contributed by atoms with Crippen LogP contribution in [0, 0.1) is 0 Å². The van der Waals surface area contributed by atoms with Crippen LogP contribution in [0.1, 0.15) is 43.5 Å². The van der Waals surface area contributed by atoms with Gasteiger partial charge in [-0.25, -0.2) is 0 Å². The summed E-state index contributed by atoms with van der Waals surface area (Å²) in [6.07, 6.45) is 4.53. The maximum absolute atomic E-state index is 9.27. The zero-order valence-corrected chi connectivity index (χ0v) is 13.8. The number of likely N-dealkylation sites (tertiary alicyclic amines) is 1. The number of piperidine rings is 1. The maximum atomic E-state index is 9.27. The van der Waals surface area contributed by atoms with E-state index in [1.54, 1.807) is 11.3 Å². The third-order valence-corrected chi connectivity index (χ3v) is 5.57. The topological polar surface area (TPSA) is 49.5 Å². The molecule has 1 aliphatic heterocycles. The highest BCUT2D eigenvalue weighted by atomic mass is 79.9. The van der Waals surface area contributed by atoms with Gasteiger partial charge in [0, 0.05) is 23.6 Å². The van der Waals surface area contributed by atoms with Crippen molar-refractivity contribution in [3.8, 4) is 0 Å². The molecule has 2 rings (SSSR count). The Morgan fingerprint density at radius 1 is 1.53 bits per heavy atom. The number of aliphatic hydroxyl groups is 1. The number of rotatable bonds is 5. The van der Waals surface area contributed by atoms with Gasteiger partial charge in [0.25, 0.3) is 0 Å². The molecule has 2 heterocycles. The van der Waals surface area contributed by atoms with Gasteiger partial charge in [0.05, 0.1) is 9.83 Å². The smallest absolute Gasteiger partial charge is 0.0702 e. The van der Waals surface area contributed by atoms with Gasteiger partial charge in [-0.3, -0.25) is 4.90 Å². The van der Waals surface area contributed by atoms with E-state index in [9.17, 15) is 5.11 Å². The molecule has 3 nitrogen and oxygen atoms in total. The highest BCUT2D eigenvalue weighted by molar-refractivity contribution is 9.11. The molecular formula is C14H23BrN2OS. The lowest BCUT2D eigenvalue weighted by molar-refractivity contribution is 0.0668. The van der Waals surface area contributed by atoms with Crippen LogP contribution in [0.25, 0.3) is 0 Å². The van der Waals surface area contributed by atoms with Crippen LogP contribution in [0.4, 0.5) is 0 Å². The molecule has 1 aromatic heterocycles. The summed E-state index contributed by atoms with van der Waals surface area (Å²) in [5.74, 6) is 0. The van der Waals surface area contributed by atoms with E-state index in [0.29, 0.717) is 6.04 Å². The van der Waals surface area contributed by atoms with Gasteiger partial charge >= 0.3 is 0 Å². The highest BCUT2D eigenvalue weighted by Crippen LogP contribution is 2.36. The highest BCUT2D eigenvalue weighted by Gasteiger charge is 2.32. The Morgan fingerprint density at radius 2 is 2.32 bits per heavy atom. The van der Waals surface area contributed by atoms with E-state index >= 15 is 0 Å². The number of hydrogen-bond acceptors (Lipinski definition) is 4. The Morgan fingerprint density at radius 3 is 2.89 bits per heavy atom. The van der Waals surface area contributed by atoms with Crippen molar-refractivity contribution in [3.05, 3.63) is 20.8 Å². The molecule has 3 N–H and O–H groups in total. The van der Waals surface area contributed by atoms with Crippen molar-refractivity contribution >= 4 is 27.3 Å². The minimum atomic E-state index is 0.102. The normalized spacial score (nSPS) is 24.3. The SMILES string of the molecule is CC(N)C(c1ccc(Br)s1)N1CCCCC1CCO. The molecule has 0 spiro atoms. The predicted octanol–water partition coefficient (Wildman–Crippen LogP) is 3.14. The van der Waals surface area contributed by atoms with Gasteiger partial charge in [-0.2, -0.15) is 0 Å². The number of thiophene rings is 1. The Balaban J connectivity index is 2.21. The lowest BCUT2D eigenvalue weighted by Crippen LogP contribution is -2.47. The van der Waals surface area contributed by atoms with Crippen LogP contribution >= 0.6 is 27.3 Å². The van der Waals surface area contributed by atoms with Crippen LogP contribution in [-0.2, 0) is 0 Å². The van der Waals surface area contributed by atoms with Crippen LogP contribution in [0.15, 0.2) is 15.9 Å². The van der Waals surface area contributed by atoms with Gasteiger partial charge < -0.3 is 10.8 Å². The first-order valence-corrected chi connectivity index (χ1v) is 8.62. The second-order valence-corrected chi connectivity index (χ2v) is 7.84. The van der Waals surface area contributed by atoms with Crippen molar-refractivity contribution in [3.63, 3.8) is 0 Å². The molecule has 3 unspecified atom stereocenters. The third kappa shape index (κ3) is 3.79. The first kappa shape index (κ1) is 15.4. The van der Waals surface area contributed by atoms with Gasteiger partial charge in [0.2, 0.25) is 0 Å². The Kier molecular flexibility index (Phi) is 5.84. The minimum Gasteiger partial charge on any atom is -0.396 e. The Hall–Kier alpha value is 0.0600. The summed E-state index contributed by atoms with van der Waals surface area (Å²) in [5.41, 5.74) is 6.25. The Bertz CT molecular complexity index is 395. The molecule has 19 heavy (non-hydrogen) atoms. The van der Waals surface area contributed by atoms with Gasteiger partial charge in [0.15, 0.2) is 0 Å². The van der Waals surface area contributed by atoms with Crippen molar-refractivity contribution in [2.75, 3.05) is 13.2 Å². The van der Waals surface area contributed by atoms with Crippen molar-refractivity contribution in [1.29, 1.82) is 0 Å². The minimum absolute atomic E-state index is 0.102. The van der Waals surface area contributed by atoms with E-state index in [1.807, 2.05) is 0 Å². The predicted molar refractivity (Wildman–Crippen MR) is 84.5 cm³/mol. The second-order valence-electron chi connectivity index (χ2n) is 5.35. The molecule has 0 aromatic carbocycles. The molecule has 0 aliphatic carbocycles. The van der Waals surface area contributed by atoms with E-state index in [1.165, 1.54) is 24.1 Å². The molecular weight excluding hydrogens is 324 g/mol. The number of nitrogens with two attached hydrogens (primary N) is 1. The lowest BCUT2D eigenvalue weighted by atomic mass is 9.94. The summed E-state index contributed by atoms with van der Waals surface area (Å²) < 4.78 is 1.16. The van der Waals surface area contributed by atoms with Crippen LogP contribution < -0.4 is 5.73 Å². The fourth-order valence-electron chi connectivity index (χ4n) is 3.06. The monoisotopic (exact) mass is 346 g/mol. The van der Waals surface area contributed by atoms with E-state index in [4.69, 9.17) is 5.73 Å². The van der Waals surface area contributed by atoms with Crippen LogP contribution in [0.2, 0.25) is 0 Å². The van der Waals surface area contributed by atoms with Crippen LogP contribution in [0.3, 0.4) is 0 Å². The standard InChI is InChI=1S/C14H23BrN2OS/c1-10(16)14(12-5-6-13(15)19-12)17-8-3-2-4-11(17)7-9-18/h5-6,10-11,14,18H,2-4,7-9,16H2,1H3. The fourth-order valence-corrected chi connectivity index (χ4v) is 4.72. The van der Waals surface area contributed by atoms with E-state index in [2.05, 4.69) is 39.9 Å². The summed E-state index contributed by atoms with van der Waals surface area (Å²) in [4.78, 5) is 3.84. The third-order valence-electron chi connectivity index (χ3n) is 3.88. The van der Waals surface area contributed by atoms with Crippen LogP contribution in [0.5, 0.6) is 0 Å². The van der Waals surface area contributed by atoms with Gasteiger partial charge in [-0.1, -0.05) is 6.42 Å². The zero-order chi connectivity index (χ0) is 13.8. The van der Waals surface area contributed by atoms with Crippen molar-refractivity contribution in [2.24, 2.45) is 5.73 Å². The van der Waals surface area contributed by atoms with Gasteiger partial charge in [-0.15, -0.1) is 11.3 Å². The Labute approximate surface area is 127 Å². The molecule has 5 heteroatoms. The second kappa shape index (κ2) is 7.18. The average molecular weight is 347 g/mol. The van der Waals surface area contributed by atoms with E-state index in [0.717, 1.165) is 16.8 Å². The molecule has 1 aromatic rings. The molecule has 0 amide bonds. The molecule has 1 fully saturated rings. The van der Waals surface area contributed by atoms with Crippen molar-refractivity contribution in [1.82, 2.24) is 4.90 Å². The summed E-state index contributed by atoms with van der Waals surface area (Å²) in [6, 6.07) is 5.11. The molecule has 0 bridgehead atoms. The fraction of sp³-hybridized carbons (Fsp3) is 0.714. The summed E-state index contributed by atoms with van der Waals surface area (Å²) in [5, 5.41) is 9.27. The molecule has 1 saturated heterocycles. The van der Waals surface area contributed by atoms with Crippen molar-refractivity contribution < 1.29 is 5.11 Å². The molecule has 0 saturated carbocycles. The number of hydrogen-bond donors (Lipinski definition) is 2. The van der Waals surface area contributed by atoms with Gasteiger partial charge in [-0.05, 0) is 60.8 Å². The van der Waals surface area contributed by atoms with Crippen molar-refractivity contribution in [2.45, 2.75) is 50.7 Å². The first-order valence-electron chi connectivity index (χ1n) is 7.01. The molecule has 108 valence electrons. The van der Waals surface area contributed by atoms with Crippen LogP contribution in [-0.4, -0.2) is 35.2 Å². The number of nitrogens with zero attached hydrogens (tertiary/aromatic N) is 1. The van der Waals surface area contributed by atoms with E-state index < -0.39 is 0 Å². The molecule has 3 atom stereocenters. The first-order chi connectivity index (χ1) is 9.13. The summed E-state index contributed by atoms with van der Waals surface area (Å²) in [6.45, 7) is 3.44. The lowest BCUT2D eigenvalue weighted by Gasteiger charge is -2.42. The van der Waals surface area contributed by atoms with E-state index in [-0.39, 0.29) is 18.7 Å². The zero-order valence-electron chi connectivity index (χ0n) is 11.4. The summed E-state index contributed by atoms with van der Waals surface area (Å²) >= 11 is 5.31. The number of aliphatic hydroxyl groups excluding tert-OH is 1. The number of halogens is 1. The quantitative estimate of drug-likeness (QED) is 0.860. The largest absolute Gasteiger partial charge is 0.396 e.